The molecule has 8 heteroatoms. The van der Waals surface area contributed by atoms with Crippen molar-refractivity contribution in [2.24, 2.45) is 0 Å². The number of methoxy groups -OCH3 is 1. The Bertz CT molecular complexity index is 1740. The minimum atomic E-state index is -0.797. The van der Waals surface area contributed by atoms with Gasteiger partial charge in [0.1, 0.15) is 23.9 Å². The number of ether oxygens (including phenoxy) is 1. The molecule has 5 rings (SSSR count). The first kappa shape index (κ1) is 23.3. The van der Waals surface area contributed by atoms with Crippen LogP contribution in [0.25, 0.3) is 27.5 Å². The van der Waals surface area contributed by atoms with Gasteiger partial charge in [-0.05, 0) is 55.8 Å². The Morgan fingerprint density at radius 3 is 2.67 bits per heavy atom. The third-order valence-electron chi connectivity index (χ3n) is 6.09. The Hall–Kier alpha value is -4.48. The van der Waals surface area contributed by atoms with Crippen LogP contribution >= 0.6 is 0 Å². The van der Waals surface area contributed by atoms with Crippen LogP contribution in [-0.2, 0) is 6.54 Å². The number of hydrogen-bond acceptors (Lipinski definition) is 6. The van der Waals surface area contributed by atoms with Crippen molar-refractivity contribution in [2.45, 2.75) is 33.4 Å². The van der Waals surface area contributed by atoms with Crippen LogP contribution in [0.15, 0.2) is 59.7 Å². The number of hydrogen-bond donors (Lipinski definition) is 1. The molecular formula is C28H25N5O3. The van der Waals surface area contributed by atoms with Crippen molar-refractivity contribution in [3.63, 3.8) is 0 Å². The maximum Gasteiger partial charge on any atom is 0.263 e. The lowest BCUT2D eigenvalue weighted by molar-refractivity contribution is 0.253. The zero-order valence-corrected chi connectivity index (χ0v) is 20.5. The molecule has 0 fully saturated rings. The van der Waals surface area contributed by atoms with Crippen LogP contribution in [0.1, 0.15) is 29.6 Å². The molecule has 36 heavy (non-hydrogen) atoms. The molecule has 5 aromatic rings. The van der Waals surface area contributed by atoms with Gasteiger partial charge in [-0.15, -0.1) is 0 Å². The highest BCUT2D eigenvalue weighted by atomic mass is 16.5. The molecule has 0 unspecified atom stereocenters. The minimum absolute atomic E-state index is 0.138. The molecule has 0 radical (unpaired) electrons. The van der Waals surface area contributed by atoms with Gasteiger partial charge in [0.15, 0.2) is 5.65 Å². The van der Waals surface area contributed by atoms with E-state index in [1.807, 2.05) is 62.4 Å². The first-order chi connectivity index (χ1) is 17.4. The first-order valence-electron chi connectivity index (χ1n) is 11.5. The second kappa shape index (κ2) is 9.29. The van der Waals surface area contributed by atoms with Crippen molar-refractivity contribution in [3.05, 3.63) is 87.9 Å². The van der Waals surface area contributed by atoms with E-state index in [0.29, 0.717) is 39.2 Å². The second-order valence-electron chi connectivity index (χ2n) is 8.60. The SMILES string of the molecule is COc1ccccc1-n1c(Cn2nc(C#C[C@@H](C)O)c3c(C)ncnc32)cc2cccc(C)c2c1=O. The second-order valence-corrected chi connectivity index (χ2v) is 8.60. The number of aliphatic hydroxyl groups excluding tert-OH is 1. The van der Waals surface area contributed by atoms with E-state index in [1.54, 1.807) is 23.3 Å². The third kappa shape index (κ3) is 4.00. The van der Waals surface area contributed by atoms with Crippen LogP contribution in [-0.4, -0.2) is 42.6 Å². The lowest BCUT2D eigenvalue weighted by Gasteiger charge is -2.18. The molecule has 180 valence electrons. The molecule has 3 heterocycles. The van der Waals surface area contributed by atoms with Gasteiger partial charge in [0.25, 0.3) is 5.56 Å². The predicted octanol–water partition coefficient (Wildman–Crippen LogP) is 3.54. The molecule has 3 aromatic heterocycles. The summed E-state index contributed by atoms with van der Waals surface area (Å²) >= 11 is 0. The van der Waals surface area contributed by atoms with Gasteiger partial charge in [0.2, 0.25) is 0 Å². The first-order valence-corrected chi connectivity index (χ1v) is 11.5. The molecule has 0 spiro atoms. The lowest BCUT2D eigenvalue weighted by Crippen LogP contribution is -2.25. The molecule has 0 aliphatic heterocycles. The van der Waals surface area contributed by atoms with Crippen molar-refractivity contribution in [2.75, 3.05) is 7.11 Å². The number of aliphatic hydroxyl groups is 1. The summed E-state index contributed by atoms with van der Waals surface area (Å²) in [5, 5.41) is 16.6. The highest BCUT2D eigenvalue weighted by Crippen LogP contribution is 2.26. The van der Waals surface area contributed by atoms with Crippen molar-refractivity contribution < 1.29 is 9.84 Å². The van der Waals surface area contributed by atoms with Gasteiger partial charge >= 0.3 is 0 Å². The minimum Gasteiger partial charge on any atom is -0.495 e. The molecular weight excluding hydrogens is 454 g/mol. The summed E-state index contributed by atoms with van der Waals surface area (Å²) in [6, 6.07) is 15.2. The van der Waals surface area contributed by atoms with Crippen LogP contribution < -0.4 is 10.3 Å². The van der Waals surface area contributed by atoms with E-state index < -0.39 is 6.10 Å². The maximum atomic E-state index is 13.9. The number of rotatable bonds is 4. The Balaban J connectivity index is 1.79. The van der Waals surface area contributed by atoms with Gasteiger partial charge in [-0.3, -0.25) is 9.36 Å². The largest absolute Gasteiger partial charge is 0.495 e. The van der Waals surface area contributed by atoms with Crippen LogP contribution in [0.5, 0.6) is 5.75 Å². The Labute approximate surface area is 207 Å². The molecule has 8 nitrogen and oxygen atoms in total. The van der Waals surface area contributed by atoms with Gasteiger partial charge in [-0.2, -0.15) is 5.10 Å². The fourth-order valence-electron chi connectivity index (χ4n) is 4.46. The predicted molar refractivity (Wildman–Crippen MR) is 139 cm³/mol. The summed E-state index contributed by atoms with van der Waals surface area (Å²) < 4.78 is 9.00. The number of benzene rings is 2. The Morgan fingerprint density at radius 2 is 1.89 bits per heavy atom. The topological polar surface area (TPSA) is 95.1 Å². The molecule has 0 saturated heterocycles. The average molecular weight is 480 g/mol. The van der Waals surface area contributed by atoms with E-state index >= 15 is 0 Å². The van der Waals surface area contributed by atoms with E-state index in [0.717, 1.165) is 16.6 Å². The summed E-state index contributed by atoms with van der Waals surface area (Å²) in [6.07, 6.45) is 0.688. The zero-order valence-electron chi connectivity index (χ0n) is 20.5. The van der Waals surface area contributed by atoms with E-state index in [4.69, 9.17) is 9.84 Å². The van der Waals surface area contributed by atoms with Gasteiger partial charge in [-0.1, -0.05) is 36.3 Å². The molecule has 1 atom stereocenters. The number of aryl methyl sites for hydroxylation is 2. The van der Waals surface area contributed by atoms with Crippen molar-refractivity contribution in [1.29, 1.82) is 0 Å². The quantitative estimate of drug-likeness (QED) is 0.396. The van der Waals surface area contributed by atoms with Crippen LogP contribution in [0.2, 0.25) is 0 Å². The molecule has 0 bridgehead atoms. The Morgan fingerprint density at radius 1 is 1.08 bits per heavy atom. The standard InChI is InChI=1S/C28H25N5O3/c1-17-8-7-9-20-14-21(33(28(35)25(17)20)23-10-5-6-11-24(23)36-4)15-32-27-26(19(3)29-16-30-27)22(31-32)13-12-18(2)34/h5-11,14,16,18,34H,15H2,1-4H3/t18-/m1/s1. The molecule has 0 amide bonds. The number of fused-ring (bicyclic) bond motifs is 2. The lowest BCUT2D eigenvalue weighted by atomic mass is 10.1. The normalized spacial score (nSPS) is 11.9. The smallest absolute Gasteiger partial charge is 0.263 e. The third-order valence-corrected chi connectivity index (χ3v) is 6.09. The van der Waals surface area contributed by atoms with Gasteiger partial charge < -0.3 is 9.84 Å². The van der Waals surface area contributed by atoms with Crippen molar-refractivity contribution >= 4 is 21.8 Å². The highest BCUT2D eigenvalue weighted by molar-refractivity contribution is 5.86. The molecule has 0 aliphatic carbocycles. The van der Waals surface area contributed by atoms with Crippen molar-refractivity contribution in [3.8, 4) is 23.3 Å². The van der Waals surface area contributed by atoms with Crippen LogP contribution in [0.3, 0.4) is 0 Å². The molecule has 0 aliphatic rings. The van der Waals surface area contributed by atoms with E-state index in [1.165, 1.54) is 6.33 Å². The summed E-state index contributed by atoms with van der Waals surface area (Å²) in [4.78, 5) is 22.7. The molecule has 0 saturated carbocycles. The summed E-state index contributed by atoms with van der Waals surface area (Å²) in [6.45, 7) is 5.65. The van der Waals surface area contributed by atoms with E-state index in [2.05, 4.69) is 21.8 Å². The molecule has 2 aromatic carbocycles. The summed E-state index contributed by atoms with van der Waals surface area (Å²) in [5.41, 5.74) is 3.92. The van der Waals surface area contributed by atoms with E-state index in [-0.39, 0.29) is 12.1 Å². The van der Waals surface area contributed by atoms with Gasteiger partial charge in [-0.25, -0.2) is 14.6 Å². The van der Waals surface area contributed by atoms with Crippen LogP contribution in [0, 0.1) is 25.7 Å². The Kier molecular flexibility index (Phi) is 6.00. The van der Waals surface area contributed by atoms with Gasteiger partial charge in [0, 0.05) is 5.69 Å². The fourth-order valence-corrected chi connectivity index (χ4v) is 4.46. The number of aromatic nitrogens is 5. The van der Waals surface area contributed by atoms with Crippen molar-refractivity contribution in [1.82, 2.24) is 24.3 Å². The highest BCUT2D eigenvalue weighted by Gasteiger charge is 2.19. The average Bonchev–Trinajstić information content (AvgIpc) is 3.21. The fraction of sp³-hybridized carbons (Fsp3) is 0.214. The molecule has 1 N–H and O–H groups in total. The van der Waals surface area contributed by atoms with Gasteiger partial charge in [0.05, 0.1) is 35.8 Å². The summed E-state index contributed by atoms with van der Waals surface area (Å²) in [7, 11) is 1.59. The zero-order chi connectivity index (χ0) is 25.4. The number of nitrogens with zero attached hydrogens (tertiary/aromatic N) is 5. The summed E-state index contributed by atoms with van der Waals surface area (Å²) in [5.74, 6) is 6.28. The number of para-hydroxylation sites is 2. The number of pyridine rings is 1. The van der Waals surface area contributed by atoms with Crippen LogP contribution in [0.4, 0.5) is 0 Å². The maximum absolute atomic E-state index is 13.9. The monoisotopic (exact) mass is 479 g/mol. The van der Waals surface area contributed by atoms with E-state index in [9.17, 15) is 9.90 Å².